The number of rotatable bonds is 2. The molecule has 0 heterocycles. The molecular weight excluding hydrogens is 337 g/mol. The van der Waals surface area contributed by atoms with Crippen molar-refractivity contribution in [1.29, 1.82) is 0 Å². The maximum atomic E-state index is 12.2. The van der Waals surface area contributed by atoms with E-state index in [2.05, 4.69) is 41.8 Å². The maximum absolute atomic E-state index is 12.2. The third-order valence-electron chi connectivity index (χ3n) is 4.13. The molecule has 98 valence electrons. The van der Waals surface area contributed by atoms with Gasteiger partial charge in [0.2, 0.25) is 0 Å². The smallest absolute Gasteiger partial charge is 0.251 e. The fourth-order valence-corrected chi connectivity index (χ4v) is 3.00. The van der Waals surface area contributed by atoms with Crippen LogP contribution < -0.4 is 5.32 Å². The number of carbonyl (C=O) groups is 1. The second kappa shape index (κ2) is 6.04. The lowest BCUT2D eigenvalue weighted by atomic mass is 9.78. The van der Waals surface area contributed by atoms with Gasteiger partial charge in [-0.15, -0.1) is 0 Å². The van der Waals surface area contributed by atoms with E-state index in [1.807, 2.05) is 24.3 Å². The third-order valence-corrected chi connectivity index (χ3v) is 4.85. The van der Waals surface area contributed by atoms with Crippen molar-refractivity contribution in [1.82, 2.24) is 5.32 Å². The maximum Gasteiger partial charge on any atom is 0.251 e. The van der Waals surface area contributed by atoms with Gasteiger partial charge >= 0.3 is 0 Å². The van der Waals surface area contributed by atoms with E-state index in [0.717, 1.165) is 15.6 Å². The highest BCUT2D eigenvalue weighted by atomic mass is 127. The van der Waals surface area contributed by atoms with E-state index in [-0.39, 0.29) is 5.91 Å². The Kier molecular flexibility index (Phi) is 4.65. The quantitative estimate of drug-likeness (QED) is 0.801. The predicted molar refractivity (Wildman–Crippen MR) is 82.6 cm³/mol. The number of hydrogen-bond donors (Lipinski definition) is 1. The van der Waals surface area contributed by atoms with E-state index < -0.39 is 0 Å². The van der Waals surface area contributed by atoms with E-state index in [1.54, 1.807) is 0 Å². The monoisotopic (exact) mass is 357 g/mol. The SMILES string of the molecule is CC1CCCC(NC(=O)c2ccc(I)cc2)C1C. The van der Waals surface area contributed by atoms with Crippen LogP contribution in [0.4, 0.5) is 0 Å². The molecule has 3 atom stereocenters. The van der Waals surface area contributed by atoms with Crippen LogP contribution in [-0.4, -0.2) is 11.9 Å². The lowest BCUT2D eigenvalue weighted by Gasteiger charge is -2.34. The molecule has 0 aromatic heterocycles. The zero-order valence-electron chi connectivity index (χ0n) is 10.9. The van der Waals surface area contributed by atoms with Crippen LogP contribution in [0.5, 0.6) is 0 Å². The van der Waals surface area contributed by atoms with E-state index in [9.17, 15) is 4.79 Å². The molecule has 1 N–H and O–H groups in total. The van der Waals surface area contributed by atoms with Crippen LogP contribution in [0.3, 0.4) is 0 Å². The summed E-state index contributed by atoms with van der Waals surface area (Å²) in [5, 5.41) is 3.19. The number of carbonyl (C=O) groups excluding carboxylic acids is 1. The summed E-state index contributed by atoms with van der Waals surface area (Å²) >= 11 is 2.25. The van der Waals surface area contributed by atoms with Crippen LogP contribution in [0.1, 0.15) is 43.5 Å². The summed E-state index contributed by atoms with van der Waals surface area (Å²) in [5.74, 6) is 1.35. The second-order valence-corrected chi connectivity index (χ2v) is 6.60. The van der Waals surface area contributed by atoms with Crippen LogP contribution in [0.25, 0.3) is 0 Å². The number of benzene rings is 1. The molecule has 1 aliphatic carbocycles. The average molecular weight is 357 g/mol. The van der Waals surface area contributed by atoms with Crippen molar-refractivity contribution in [2.24, 2.45) is 11.8 Å². The molecule has 0 bridgehead atoms. The van der Waals surface area contributed by atoms with Gasteiger partial charge in [-0.25, -0.2) is 0 Å². The summed E-state index contributed by atoms with van der Waals surface area (Å²) in [4.78, 5) is 12.2. The summed E-state index contributed by atoms with van der Waals surface area (Å²) in [5.41, 5.74) is 0.765. The van der Waals surface area contributed by atoms with Crippen LogP contribution in [0, 0.1) is 15.4 Å². The van der Waals surface area contributed by atoms with Gasteiger partial charge in [0, 0.05) is 15.2 Å². The third kappa shape index (κ3) is 3.25. The van der Waals surface area contributed by atoms with Crippen molar-refractivity contribution in [3.63, 3.8) is 0 Å². The average Bonchev–Trinajstić information content (AvgIpc) is 2.36. The largest absolute Gasteiger partial charge is 0.349 e. The summed E-state index contributed by atoms with van der Waals surface area (Å²) in [6.45, 7) is 4.54. The van der Waals surface area contributed by atoms with Gasteiger partial charge < -0.3 is 5.32 Å². The molecule has 1 saturated carbocycles. The number of amides is 1. The minimum atomic E-state index is 0.0670. The Morgan fingerprint density at radius 1 is 1.22 bits per heavy atom. The van der Waals surface area contributed by atoms with Gasteiger partial charge in [0.15, 0.2) is 0 Å². The highest BCUT2D eigenvalue weighted by molar-refractivity contribution is 14.1. The van der Waals surface area contributed by atoms with E-state index in [0.29, 0.717) is 17.9 Å². The first-order chi connectivity index (χ1) is 8.58. The Labute approximate surface area is 123 Å². The van der Waals surface area contributed by atoms with Gasteiger partial charge in [0.05, 0.1) is 0 Å². The molecule has 2 rings (SSSR count). The number of hydrogen-bond acceptors (Lipinski definition) is 1. The minimum absolute atomic E-state index is 0.0670. The Morgan fingerprint density at radius 2 is 1.89 bits per heavy atom. The van der Waals surface area contributed by atoms with Gasteiger partial charge in [-0.05, 0) is 65.1 Å². The van der Waals surface area contributed by atoms with Crippen LogP contribution in [0.15, 0.2) is 24.3 Å². The predicted octanol–water partition coefficient (Wildman–Crippen LogP) is 3.85. The Balaban J connectivity index is 2.00. The standard InChI is InChI=1S/C15H20INO/c1-10-4-3-5-14(11(10)2)17-15(18)12-6-8-13(16)9-7-12/h6-11,14H,3-5H2,1-2H3,(H,17,18). The molecule has 3 heteroatoms. The zero-order valence-corrected chi connectivity index (χ0v) is 13.1. The number of halogens is 1. The second-order valence-electron chi connectivity index (χ2n) is 5.35. The van der Waals surface area contributed by atoms with Crippen LogP contribution in [0.2, 0.25) is 0 Å². The summed E-state index contributed by atoms with van der Waals surface area (Å²) in [7, 11) is 0. The highest BCUT2D eigenvalue weighted by Gasteiger charge is 2.28. The van der Waals surface area contributed by atoms with Crippen LogP contribution >= 0.6 is 22.6 Å². The molecule has 3 unspecified atom stereocenters. The van der Waals surface area contributed by atoms with Gasteiger partial charge in [0.25, 0.3) is 5.91 Å². The lowest BCUT2D eigenvalue weighted by molar-refractivity contribution is 0.0891. The summed E-state index contributed by atoms with van der Waals surface area (Å²) < 4.78 is 1.16. The van der Waals surface area contributed by atoms with Crippen molar-refractivity contribution in [3.05, 3.63) is 33.4 Å². The Hall–Kier alpha value is -0.580. The fraction of sp³-hybridized carbons (Fsp3) is 0.533. The molecule has 0 aliphatic heterocycles. The molecule has 18 heavy (non-hydrogen) atoms. The summed E-state index contributed by atoms with van der Waals surface area (Å²) in [6, 6.07) is 8.08. The molecule has 1 amide bonds. The molecular formula is C15H20INO. The first kappa shape index (κ1) is 13.8. The van der Waals surface area contributed by atoms with Crippen LogP contribution in [-0.2, 0) is 0 Å². The molecule has 0 saturated heterocycles. The minimum Gasteiger partial charge on any atom is -0.349 e. The molecule has 1 aliphatic rings. The molecule has 1 fully saturated rings. The molecule has 0 radical (unpaired) electrons. The van der Waals surface area contributed by atoms with Gasteiger partial charge in [-0.3, -0.25) is 4.79 Å². The van der Waals surface area contributed by atoms with Crippen molar-refractivity contribution in [3.8, 4) is 0 Å². The first-order valence-electron chi connectivity index (χ1n) is 6.64. The van der Waals surface area contributed by atoms with Crippen molar-refractivity contribution < 1.29 is 4.79 Å². The van der Waals surface area contributed by atoms with Crippen molar-refractivity contribution in [2.75, 3.05) is 0 Å². The fourth-order valence-electron chi connectivity index (χ4n) is 2.64. The van der Waals surface area contributed by atoms with Gasteiger partial charge in [-0.2, -0.15) is 0 Å². The van der Waals surface area contributed by atoms with Crippen molar-refractivity contribution in [2.45, 2.75) is 39.2 Å². The lowest BCUT2D eigenvalue weighted by Crippen LogP contribution is -2.43. The van der Waals surface area contributed by atoms with E-state index in [4.69, 9.17) is 0 Å². The summed E-state index contributed by atoms with van der Waals surface area (Å²) in [6.07, 6.45) is 3.63. The molecule has 1 aromatic carbocycles. The molecule has 1 aromatic rings. The molecule has 0 spiro atoms. The van der Waals surface area contributed by atoms with Gasteiger partial charge in [-0.1, -0.05) is 26.7 Å². The normalized spacial score (nSPS) is 27.8. The van der Waals surface area contributed by atoms with Crippen molar-refractivity contribution >= 4 is 28.5 Å². The number of nitrogens with one attached hydrogen (secondary N) is 1. The topological polar surface area (TPSA) is 29.1 Å². The van der Waals surface area contributed by atoms with E-state index >= 15 is 0 Å². The first-order valence-corrected chi connectivity index (χ1v) is 7.72. The zero-order chi connectivity index (χ0) is 13.1. The highest BCUT2D eigenvalue weighted by Crippen LogP contribution is 2.29. The van der Waals surface area contributed by atoms with Gasteiger partial charge in [0.1, 0.15) is 0 Å². The Bertz CT molecular complexity index is 415. The Morgan fingerprint density at radius 3 is 2.56 bits per heavy atom. The molecule has 2 nitrogen and oxygen atoms in total. The van der Waals surface area contributed by atoms with E-state index in [1.165, 1.54) is 12.8 Å².